The summed E-state index contributed by atoms with van der Waals surface area (Å²) in [6.07, 6.45) is 3.82. The zero-order valence-electron chi connectivity index (χ0n) is 10.6. The molecule has 0 unspecified atom stereocenters. The average Bonchev–Trinajstić information content (AvgIpc) is 2.38. The van der Waals surface area contributed by atoms with Crippen molar-refractivity contribution in [3.63, 3.8) is 0 Å². The van der Waals surface area contributed by atoms with Crippen molar-refractivity contribution < 1.29 is 14.6 Å². The van der Waals surface area contributed by atoms with Crippen molar-refractivity contribution in [2.45, 2.75) is 26.2 Å². The number of nitrogens with zero attached hydrogens (tertiary/aromatic N) is 1. The Bertz CT molecular complexity index is 430. The van der Waals surface area contributed by atoms with Crippen LogP contribution < -0.4 is 10.2 Å². The van der Waals surface area contributed by atoms with Crippen LogP contribution in [0.5, 0.6) is 11.5 Å². The van der Waals surface area contributed by atoms with Gasteiger partial charge in [0.25, 0.3) is 0 Å². The van der Waals surface area contributed by atoms with Crippen LogP contribution in [0.25, 0.3) is 0 Å². The van der Waals surface area contributed by atoms with Crippen molar-refractivity contribution in [1.82, 2.24) is 5.43 Å². The molecule has 0 aliphatic rings. The number of carbonyl (C=O) groups excluding carboxylic acids is 1. The van der Waals surface area contributed by atoms with E-state index < -0.39 is 0 Å². The van der Waals surface area contributed by atoms with Crippen LogP contribution in [0.4, 0.5) is 0 Å². The number of phenols is 1. The first kappa shape index (κ1) is 14.0. The van der Waals surface area contributed by atoms with Gasteiger partial charge in [0.1, 0.15) is 0 Å². The zero-order valence-corrected chi connectivity index (χ0v) is 10.6. The van der Waals surface area contributed by atoms with Gasteiger partial charge in [0.15, 0.2) is 11.5 Å². The second-order valence-electron chi connectivity index (χ2n) is 3.83. The fourth-order valence-electron chi connectivity index (χ4n) is 1.35. The predicted molar refractivity (Wildman–Crippen MR) is 69.9 cm³/mol. The summed E-state index contributed by atoms with van der Waals surface area (Å²) in [5.41, 5.74) is 3.18. The summed E-state index contributed by atoms with van der Waals surface area (Å²) in [4.78, 5) is 11.3. The molecule has 5 heteroatoms. The van der Waals surface area contributed by atoms with Crippen LogP contribution in [0.15, 0.2) is 23.3 Å². The molecule has 0 aliphatic heterocycles. The predicted octanol–water partition coefficient (Wildman–Crippen LogP) is 2.04. The minimum atomic E-state index is -0.0983. The first-order chi connectivity index (χ1) is 8.67. The van der Waals surface area contributed by atoms with E-state index in [0.717, 1.165) is 18.4 Å². The van der Waals surface area contributed by atoms with Gasteiger partial charge in [0.05, 0.1) is 13.3 Å². The molecule has 0 radical (unpaired) electrons. The topological polar surface area (TPSA) is 70.9 Å². The molecule has 1 rings (SSSR count). The number of amides is 1. The highest BCUT2D eigenvalue weighted by molar-refractivity contribution is 5.83. The number of rotatable bonds is 6. The molecular weight excluding hydrogens is 232 g/mol. The monoisotopic (exact) mass is 250 g/mol. The van der Waals surface area contributed by atoms with Gasteiger partial charge in [-0.25, -0.2) is 5.43 Å². The molecule has 18 heavy (non-hydrogen) atoms. The molecule has 0 heterocycles. The average molecular weight is 250 g/mol. The van der Waals surface area contributed by atoms with Crippen LogP contribution in [0.3, 0.4) is 0 Å². The van der Waals surface area contributed by atoms with Gasteiger partial charge in [-0.2, -0.15) is 5.10 Å². The highest BCUT2D eigenvalue weighted by Gasteiger charge is 2.01. The lowest BCUT2D eigenvalue weighted by atomic mass is 10.2. The number of unbranched alkanes of at least 4 members (excludes halogenated alkanes) is 1. The van der Waals surface area contributed by atoms with Crippen LogP contribution in [0.1, 0.15) is 31.7 Å². The van der Waals surface area contributed by atoms with Gasteiger partial charge >= 0.3 is 0 Å². The molecule has 0 spiro atoms. The van der Waals surface area contributed by atoms with E-state index in [1.807, 2.05) is 6.92 Å². The Kier molecular flexibility index (Phi) is 5.70. The van der Waals surface area contributed by atoms with Crippen molar-refractivity contribution in [3.8, 4) is 11.5 Å². The number of ether oxygens (including phenoxy) is 1. The van der Waals surface area contributed by atoms with Crippen molar-refractivity contribution in [3.05, 3.63) is 23.8 Å². The SMILES string of the molecule is CCCCC(=O)NN=Cc1ccc(O)c(OC)c1. The molecule has 0 aliphatic carbocycles. The maximum absolute atomic E-state index is 11.3. The molecule has 5 nitrogen and oxygen atoms in total. The summed E-state index contributed by atoms with van der Waals surface area (Å²) in [6.45, 7) is 2.03. The summed E-state index contributed by atoms with van der Waals surface area (Å²) < 4.78 is 4.97. The summed E-state index contributed by atoms with van der Waals surface area (Å²) in [6, 6.07) is 4.83. The van der Waals surface area contributed by atoms with E-state index in [4.69, 9.17) is 4.74 Å². The minimum absolute atomic E-state index is 0.0710. The second kappa shape index (κ2) is 7.32. The largest absolute Gasteiger partial charge is 0.504 e. The molecule has 0 saturated heterocycles. The van der Waals surface area contributed by atoms with Crippen LogP contribution >= 0.6 is 0 Å². The van der Waals surface area contributed by atoms with E-state index in [1.54, 1.807) is 12.1 Å². The van der Waals surface area contributed by atoms with Crippen molar-refractivity contribution >= 4 is 12.1 Å². The number of carbonyl (C=O) groups is 1. The highest BCUT2D eigenvalue weighted by Crippen LogP contribution is 2.25. The molecule has 1 amide bonds. The Morgan fingerprint density at radius 3 is 3.00 bits per heavy atom. The summed E-state index contributed by atoms with van der Waals surface area (Å²) in [7, 11) is 1.47. The fraction of sp³-hybridized carbons (Fsp3) is 0.385. The molecule has 1 aromatic carbocycles. The summed E-state index contributed by atoms with van der Waals surface area (Å²) in [5, 5.41) is 13.2. The Morgan fingerprint density at radius 2 is 2.33 bits per heavy atom. The quantitative estimate of drug-likeness (QED) is 0.599. The van der Waals surface area contributed by atoms with Gasteiger partial charge in [-0.1, -0.05) is 13.3 Å². The van der Waals surface area contributed by atoms with Crippen LogP contribution in [-0.2, 0) is 4.79 Å². The first-order valence-electron chi connectivity index (χ1n) is 5.86. The Labute approximate surface area is 106 Å². The normalized spacial score (nSPS) is 10.6. The van der Waals surface area contributed by atoms with E-state index in [0.29, 0.717) is 12.2 Å². The van der Waals surface area contributed by atoms with E-state index in [1.165, 1.54) is 19.4 Å². The molecule has 0 saturated carbocycles. The van der Waals surface area contributed by atoms with Gasteiger partial charge in [-0.15, -0.1) is 0 Å². The standard InChI is InChI=1S/C13H18N2O3/c1-3-4-5-13(17)15-14-9-10-6-7-11(16)12(8-10)18-2/h6-9,16H,3-5H2,1-2H3,(H,15,17). The smallest absolute Gasteiger partial charge is 0.240 e. The molecule has 0 fully saturated rings. The second-order valence-corrected chi connectivity index (χ2v) is 3.83. The number of methoxy groups -OCH3 is 1. The summed E-state index contributed by atoms with van der Waals surface area (Å²) in [5.74, 6) is 0.344. The lowest BCUT2D eigenvalue weighted by Crippen LogP contribution is -2.16. The Morgan fingerprint density at radius 1 is 1.56 bits per heavy atom. The van der Waals surface area contributed by atoms with Gasteiger partial charge < -0.3 is 9.84 Å². The molecule has 0 atom stereocenters. The van der Waals surface area contributed by atoms with Gasteiger partial charge in [-0.05, 0) is 30.2 Å². The highest BCUT2D eigenvalue weighted by atomic mass is 16.5. The molecule has 0 bridgehead atoms. The Balaban J connectivity index is 2.54. The van der Waals surface area contributed by atoms with Gasteiger partial charge in [0, 0.05) is 6.42 Å². The van der Waals surface area contributed by atoms with Crippen LogP contribution in [-0.4, -0.2) is 24.3 Å². The zero-order chi connectivity index (χ0) is 13.4. The minimum Gasteiger partial charge on any atom is -0.504 e. The van der Waals surface area contributed by atoms with E-state index in [2.05, 4.69) is 10.5 Å². The first-order valence-corrected chi connectivity index (χ1v) is 5.86. The lowest BCUT2D eigenvalue weighted by Gasteiger charge is -2.03. The number of phenolic OH excluding ortho intramolecular Hbond substituents is 1. The molecular formula is C13H18N2O3. The third kappa shape index (κ3) is 4.45. The Hall–Kier alpha value is -2.04. The van der Waals surface area contributed by atoms with E-state index >= 15 is 0 Å². The molecule has 1 aromatic rings. The maximum atomic E-state index is 11.3. The molecule has 0 aromatic heterocycles. The van der Waals surface area contributed by atoms with Crippen molar-refractivity contribution in [2.75, 3.05) is 7.11 Å². The number of hydrazone groups is 1. The lowest BCUT2D eigenvalue weighted by molar-refractivity contribution is -0.121. The number of hydrogen-bond acceptors (Lipinski definition) is 4. The third-order valence-electron chi connectivity index (χ3n) is 2.36. The molecule has 98 valence electrons. The van der Waals surface area contributed by atoms with Crippen LogP contribution in [0, 0.1) is 0 Å². The fourth-order valence-corrected chi connectivity index (χ4v) is 1.35. The van der Waals surface area contributed by atoms with E-state index in [-0.39, 0.29) is 11.7 Å². The van der Waals surface area contributed by atoms with Crippen molar-refractivity contribution in [1.29, 1.82) is 0 Å². The summed E-state index contributed by atoms with van der Waals surface area (Å²) >= 11 is 0. The van der Waals surface area contributed by atoms with Gasteiger partial charge in [0.2, 0.25) is 5.91 Å². The van der Waals surface area contributed by atoms with Gasteiger partial charge in [-0.3, -0.25) is 4.79 Å². The molecule has 2 N–H and O–H groups in total. The van der Waals surface area contributed by atoms with Crippen LogP contribution in [0.2, 0.25) is 0 Å². The number of benzene rings is 1. The third-order valence-corrected chi connectivity index (χ3v) is 2.36. The maximum Gasteiger partial charge on any atom is 0.240 e. The number of hydrogen-bond donors (Lipinski definition) is 2. The van der Waals surface area contributed by atoms with Crippen molar-refractivity contribution in [2.24, 2.45) is 5.10 Å². The van der Waals surface area contributed by atoms with E-state index in [9.17, 15) is 9.90 Å². The number of nitrogens with one attached hydrogen (secondary N) is 1. The number of aromatic hydroxyl groups is 1.